The molecule has 0 saturated carbocycles. The lowest BCUT2D eigenvalue weighted by molar-refractivity contribution is -0.139. The lowest BCUT2D eigenvalue weighted by Gasteiger charge is -2.30. The minimum Gasteiger partial charge on any atom is -0.495 e. The van der Waals surface area contributed by atoms with Crippen molar-refractivity contribution < 1.29 is 31.1 Å². The van der Waals surface area contributed by atoms with Crippen LogP contribution in [-0.2, 0) is 16.4 Å². The van der Waals surface area contributed by atoms with Gasteiger partial charge in [0.1, 0.15) is 17.8 Å². The Bertz CT molecular complexity index is 1570. The van der Waals surface area contributed by atoms with Crippen LogP contribution in [0, 0.1) is 11.8 Å². The average Bonchev–Trinajstić information content (AvgIpc) is 3.26. The number of carbonyl (C=O) groups excluding carboxylic acids is 1. The van der Waals surface area contributed by atoms with Gasteiger partial charge in [0, 0.05) is 24.4 Å². The molecule has 40 heavy (non-hydrogen) atoms. The van der Waals surface area contributed by atoms with Crippen molar-refractivity contribution in [2.24, 2.45) is 0 Å². The van der Waals surface area contributed by atoms with E-state index in [1.807, 2.05) is 7.05 Å². The molecule has 1 aliphatic heterocycles. The number of rotatable bonds is 7. The molecule has 1 aliphatic rings. The van der Waals surface area contributed by atoms with Gasteiger partial charge >= 0.3 is 6.18 Å². The summed E-state index contributed by atoms with van der Waals surface area (Å²) in [6.45, 7) is 0.417. The van der Waals surface area contributed by atoms with Gasteiger partial charge in [-0.2, -0.15) is 13.2 Å². The SMILES string of the molecule is COc1ccc(S(C)(=O)=O)cc1NCC#Cc1cc(C(=O)N[C@@H]2CCCN(C)C2)c2ncn(CC(F)(F)F)c2c1. The zero-order valence-corrected chi connectivity index (χ0v) is 23.1. The van der Waals surface area contributed by atoms with E-state index in [1.165, 1.54) is 37.4 Å². The maximum Gasteiger partial charge on any atom is 0.406 e. The van der Waals surface area contributed by atoms with Crippen LogP contribution in [0.15, 0.2) is 41.6 Å². The first-order valence-electron chi connectivity index (χ1n) is 12.5. The van der Waals surface area contributed by atoms with Crippen LogP contribution in [-0.4, -0.2) is 81.0 Å². The third kappa shape index (κ3) is 7.25. The van der Waals surface area contributed by atoms with Crippen molar-refractivity contribution >= 4 is 32.5 Å². The molecule has 2 heterocycles. The molecule has 0 radical (unpaired) electrons. The summed E-state index contributed by atoms with van der Waals surface area (Å²) in [5, 5.41) is 5.99. The maximum atomic E-state index is 13.3. The van der Waals surface area contributed by atoms with E-state index in [-0.39, 0.29) is 34.1 Å². The Morgan fingerprint density at radius 3 is 2.70 bits per heavy atom. The number of likely N-dealkylation sites (N-methyl/N-ethyl adjacent to an activating group) is 1. The Hall–Kier alpha value is -3.76. The Balaban J connectivity index is 1.63. The summed E-state index contributed by atoms with van der Waals surface area (Å²) in [5.74, 6) is 5.77. The van der Waals surface area contributed by atoms with Crippen molar-refractivity contribution in [2.45, 2.75) is 36.5 Å². The number of likely N-dealkylation sites (tertiary alicyclic amines) is 1. The van der Waals surface area contributed by atoms with Gasteiger partial charge in [0.05, 0.1) is 41.6 Å². The first kappa shape index (κ1) is 29.2. The van der Waals surface area contributed by atoms with E-state index in [0.717, 1.165) is 36.5 Å². The van der Waals surface area contributed by atoms with Crippen LogP contribution >= 0.6 is 0 Å². The van der Waals surface area contributed by atoms with Crippen molar-refractivity contribution in [1.29, 1.82) is 0 Å². The van der Waals surface area contributed by atoms with Gasteiger partial charge in [-0.05, 0) is 56.8 Å². The molecule has 0 unspecified atom stereocenters. The number of nitrogens with zero attached hydrogens (tertiary/aromatic N) is 3. The number of nitrogens with one attached hydrogen (secondary N) is 2. The number of amides is 1. The van der Waals surface area contributed by atoms with E-state index < -0.39 is 28.5 Å². The first-order valence-corrected chi connectivity index (χ1v) is 14.4. The minimum absolute atomic E-state index is 0.0688. The van der Waals surface area contributed by atoms with Crippen molar-refractivity contribution in [2.75, 3.05) is 45.4 Å². The molecule has 0 bridgehead atoms. The summed E-state index contributed by atoms with van der Waals surface area (Å²) in [6, 6.07) is 7.29. The van der Waals surface area contributed by atoms with Gasteiger partial charge in [-0.15, -0.1) is 0 Å². The fourth-order valence-electron chi connectivity index (χ4n) is 4.62. The number of sulfone groups is 1. The number of hydrogen-bond donors (Lipinski definition) is 2. The third-order valence-corrected chi connectivity index (χ3v) is 7.59. The van der Waals surface area contributed by atoms with Gasteiger partial charge in [-0.3, -0.25) is 4.79 Å². The molecule has 1 fully saturated rings. The number of piperidine rings is 1. The molecule has 0 spiro atoms. The van der Waals surface area contributed by atoms with Gasteiger partial charge in [0.15, 0.2) is 9.84 Å². The number of benzene rings is 2. The second kappa shape index (κ2) is 11.8. The number of aromatic nitrogens is 2. The zero-order valence-electron chi connectivity index (χ0n) is 22.3. The first-order chi connectivity index (χ1) is 18.8. The summed E-state index contributed by atoms with van der Waals surface area (Å²) in [4.78, 5) is 19.6. The van der Waals surface area contributed by atoms with Gasteiger partial charge in [-0.1, -0.05) is 11.8 Å². The minimum atomic E-state index is -4.48. The predicted octanol–water partition coefficient (Wildman–Crippen LogP) is 3.30. The summed E-state index contributed by atoms with van der Waals surface area (Å²) in [6.07, 6.45) is -0.584. The van der Waals surface area contributed by atoms with Crippen LogP contribution in [0.1, 0.15) is 28.8 Å². The highest BCUT2D eigenvalue weighted by Gasteiger charge is 2.29. The Morgan fingerprint density at radius 2 is 2.02 bits per heavy atom. The molecule has 13 heteroatoms. The molecule has 4 rings (SSSR count). The third-order valence-electron chi connectivity index (χ3n) is 6.48. The largest absolute Gasteiger partial charge is 0.495 e. The number of halogens is 3. The lowest BCUT2D eigenvalue weighted by Crippen LogP contribution is -2.46. The number of fused-ring (bicyclic) bond motifs is 1. The topological polar surface area (TPSA) is 106 Å². The molecule has 1 aromatic heterocycles. The zero-order chi connectivity index (χ0) is 29.1. The molecule has 2 N–H and O–H groups in total. The predicted molar refractivity (Wildman–Crippen MR) is 145 cm³/mol. The summed E-state index contributed by atoms with van der Waals surface area (Å²) < 4.78 is 69.7. The van der Waals surface area contributed by atoms with Crippen LogP contribution in [0.25, 0.3) is 11.0 Å². The Morgan fingerprint density at radius 1 is 1.25 bits per heavy atom. The fourth-order valence-corrected chi connectivity index (χ4v) is 5.26. The lowest BCUT2D eigenvalue weighted by atomic mass is 10.0. The number of carbonyl (C=O) groups is 1. The van der Waals surface area contributed by atoms with Crippen molar-refractivity contribution in [1.82, 2.24) is 19.8 Å². The van der Waals surface area contributed by atoms with Crippen LogP contribution < -0.4 is 15.4 Å². The summed E-state index contributed by atoms with van der Waals surface area (Å²) in [7, 11) is -0.0308. The molecule has 1 saturated heterocycles. The highest BCUT2D eigenvalue weighted by Crippen LogP contribution is 2.28. The molecule has 1 atom stereocenters. The highest BCUT2D eigenvalue weighted by atomic mass is 32.2. The number of anilines is 1. The molecule has 2 aromatic carbocycles. The van der Waals surface area contributed by atoms with Gasteiger partial charge in [-0.25, -0.2) is 13.4 Å². The number of hydrogen-bond acceptors (Lipinski definition) is 7. The number of imidazole rings is 1. The average molecular weight is 578 g/mol. The van der Waals surface area contributed by atoms with E-state index in [9.17, 15) is 26.4 Å². The van der Waals surface area contributed by atoms with Crippen LogP contribution in [0.3, 0.4) is 0 Å². The summed E-state index contributed by atoms with van der Waals surface area (Å²) >= 11 is 0. The molecule has 3 aromatic rings. The summed E-state index contributed by atoms with van der Waals surface area (Å²) in [5.41, 5.74) is 1.20. The second-order valence-electron chi connectivity index (χ2n) is 9.74. The van der Waals surface area contributed by atoms with Crippen LogP contribution in [0.2, 0.25) is 0 Å². The van der Waals surface area contributed by atoms with Crippen molar-refractivity contribution in [3.05, 3.63) is 47.8 Å². The molecule has 0 aliphatic carbocycles. The van der Waals surface area contributed by atoms with E-state index in [2.05, 4.69) is 32.4 Å². The molecule has 9 nitrogen and oxygen atoms in total. The van der Waals surface area contributed by atoms with E-state index in [4.69, 9.17) is 4.74 Å². The number of alkyl halides is 3. The highest BCUT2D eigenvalue weighted by molar-refractivity contribution is 7.90. The smallest absolute Gasteiger partial charge is 0.406 e. The monoisotopic (exact) mass is 577 g/mol. The maximum absolute atomic E-state index is 13.3. The Labute approximate surface area is 230 Å². The van der Waals surface area contributed by atoms with Crippen molar-refractivity contribution in [3.8, 4) is 17.6 Å². The van der Waals surface area contributed by atoms with Crippen LogP contribution in [0.4, 0.5) is 18.9 Å². The standard InChI is InChI=1S/C27H30F3N5O4S/c1-34-11-5-7-19(15-34)33-26(36)21-12-18(13-23-25(21)32-17-35(23)16-27(28,29)30)6-4-10-31-22-14-20(40(3,37)38)8-9-24(22)39-2/h8-9,12-14,17,19,31H,5,7,10-11,15-16H2,1-3H3,(H,33,36)/t19-/m1/s1. The van der Waals surface area contributed by atoms with E-state index in [0.29, 0.717) is 23.5 Å². The van der Waals surface area contributed by atoms with Crippen molar-refractivity contribution in [3.63, 3.8) is 0 Å². The van der Waals surface area contributed by atoms with Crippen LogP contribution in [0.5, 0.6) is 5.75 Å². The molecular formula is C27H30F3N5O4S. The number of methoxy groups -OCH3 is 1. The van der Waals surface area contributed by atoms with Gasteiger partial charge in [0.25, 0.3) is 5.91 Å². The molecule has 1 amide bonds. The Kier molecular flexibility index (Phi) is 8.60. The van der Waals surface area contributed by atoms with Gasteiger partial charge < -0.3 is 24.8 Å². The fraction of sp³-hybridized carbons (Fsp3) is 0.407. The number of ether oxygens (including phenoxy) is 1. The van der Waals surface area contributed by atoms with Gasteiger partial charge in [0.2, 0.25) is 0 Å². The normalized spacial score (nSPS) is 16.3. The van der Waals surface area contributed by atoms with E-state index >= 15 is 0 Å². The quantitative estimate of drug-likeness (QED) is 0.415. The van der Waals surface area contributed by atoms with E-state index in [1.54, 1.807) is 0 Å². The second-order valence-corrected chi connectivity index (χ2v) is 11.8. The molecule has 214 valence electrons. The molecular weight excluding hydrogens is 547 g/mol.